The Morgan fingerprint density at radius 2 is 2.12 bits per heavy atom. The number of aromatic nitrogens is 2. The number of benzene rings is 1. The van der Waals surface area contributed by atoms with Gasteiger partial charge in [0.05, 0.1) is 20.0 Å². The first-order valence-corrected chi connectivity index (χ1v) is 10.5. The minimum atomic E-state index is -0.752. The van der Waals surface area contributed by atoms with Gasteiger partial charge in [-0.2, -0.15) is 4.98 Å². The van der Waals surface area contributed by atoms with Gasteiger partial charge >= 0.3 is 0 Å². The van der Waals surface area contributed by atoms with Crippen molar-refractivity contribution in [2.24, 2.45) is 0 Å². The molecule has 0 saturated carbocycles. The van der Waals surface area contributed by atoms with Crippen molar-refractivity contribution in [1.29, 1.82) is 0 Å². The van der Waals surface area contributed by atoms with E-state index in [4.69, 9.17) is 27.7 Å². The lowest BCUT2D eigenvalue weighted by Gasteiger charge is -2.19. The van der Waals surface area contributed by atoms with E-state index >= 15 is 0 Å². The van der Waals surface area contributed by atoms with Crippen LogP contribution in [0, 0.1) is 0 Å². The number of nitrogens with zero attached hydrogens (tertiary/aromatic N) is 3. The van der Waals surface area contributed by atoms with Gasteiger partial charge in [0.1, 0.15) is 17.4 Å². The van der Waals surface area contributed by atoms with Gasteiger partial charge in [-0.1, -0.05) is 11.6 Å². The largest absolute Gasteiger partial charge is 0.472 e. The molecule has 1 amide bonds. The van der Waals surface area contributed by atoms with Crippen LogP contribution in [0.2, 0.25) is 10.3 Å². The molecule has 0 fully saturated rings. The van der Waals surface area contributed by atoms with Gasteiger partial charge < -0.3 is 14.7 Å². The number of anilines is 2. The average molecular weight is 419 g/mol. The van der Waals surface area contributed by atoms with Crippen molar-refractivity contribution >= 4 is 48.8 Å². The first-order chi connectivity index (χ1) is 12.3. The second-order valence-electron chi connectivity index (χ2n) is 5.49. The second-order valence-corrected chi connectivity index (χ2v) is 8.04. The van der Waals surface area contributed by atoms with E-state index in [2.05, 4.69) is 15.3 Å². The summed E-state index contributed by atoms with van der Waals surface area (Å²) in [5.41, 5.74) is 0.965. The number of carbonyl (C=O) groups excluding carboxylic acids is 1. The number of halogens is 3. The van der Waals surface area contributed by atoms with E-state index in [1.165, 1.54) is 11.1 Å². The fourth-order valence-electron chi connectivity index (χ4n) is 2.04. The van der Waals surface area contributed by atoms with Gasteiger partial charge in [0.2, 0.25) is 5.28 Å². The third-order valence-electron chi connectivity index (χ3n) is 3.24. The van der Waals surface area contributed by atoms with Crippen molar-refractivity contribution in [3.05, 3.63) is 40.3 Å². The van der Waals surface area contributed by atoms with E-state index in [9.17, 15) is 9.18 Å². The minimum absolute atomic E-state index is 0.0261. The highest BCUT2D eigenvalue weighted by atomic mass is 35.5. The molecule has 0 radical (unpaired) electrons. The molecule has 2 aromatic rings. The Bertz CT molecular complexity index is 795. The molecule has 0 aliphatic heterocycles. The summed E-state index contributed by atoms with van der Waals surface area (Å²) in [6.07, 6.45) is 1.39. The molecule has 0 atom stereocenters. The van der Waals surface area contributed by atoms with Crippen LogP contribution in [-0.2, 0) is 0 Å². The van der Waals surface area contributed by atoms with Crippen molar-refractivity contribution in [3.63, 3.8) is 0 Å². The van der Waals surface area contributed by atoms with Crippen LogP contribution in [-0.4, -0.2) is 54.4 Å². The lowest BCUT2D eigenvalue weighted by atomic mass is 10.1. The van der Waals surface area contributed by atoms with E-state index in [-0.39, 0.29) is 17.7 Å². The number of carbonyl (C=O) groups is 1. The molecule has 0 bridgehead atoms. The zero-order valence-electron chi connectivity index (χ0n) is 14.5. The van der Waals surface area contributed by atoms with Crippen molar-refractivity contribution in [2.45, 2.75) is 0 Å². The van der Waals surface area contributed by atoms with Gasteiger partial charge in [0, 0.05) is 19.2 Å². The molecule has 10 heteroatoms. The zero-order chi connectivity index (χ0) is 19.3. The highest BCUT2D eigenvalue weighted by Crippen LogP contribution is 2.38. The molecule has 0 aliphatic carbocycles. The molecular formula is C16H18Cl2FN4O2P. The normalized spacial score (nSPS) is 10.7. The van der Waals surface area contributed by atoms with Crippen LogP contribution in [0.5, 0.6) is 5.75 Å². The van der Waals surface area contributed by atoms with E-state index < -0.39 is 14.8 Å². The van der Waals surface area contributed by atoms with E-state index in [1.54, 1.807) is 25.2 Å². The Morgan fingerprint density at radius 3 is 2.77 bits per heavy atom. The van der Waals surface area contributed by atoms with Crippen LogP contribution < -0.4 is 9.84 Å². The number of rotatable bonds is 7. The molecule has 0 saturated heterocycles. The first-order valence-electron chi connectivity index (χ1n) is 7.57. The summed E-state index contributed by atoms with van der Waals surface area (Å²) in [6.45, 7) is 3.28. The van der Waals surface area contributed by atoms with Crippen molar-refractivity contribution < 1.29 is 13.7 Å². The SMILES string of the molecule is CN(CCF)C(=O)c1ccc(Nc2nc(Cl)ncc2Cl)c(OP(C)C)c1. The molecular weight excluding hydrogens is 401 g/mol. The van der Waals surface area contributed by atoms with Crippen LogP contribution in [0.3, 0.4) is 0 Å². The van der Waals surface area contributed by atoms with Crippen molar-refractivity contribution in [3.8, 4) is 5.75 Å². The first kappa shape index (κ1) is 20.6. The monoisotopic (exact) mass is 418 g/mol. The van der Waals surface area contributed by atoms with Gasteiger partial charge in [0.15, 0.2) is 5.82 Å². The lowest BCUT2D eigenvalue weighted by Crippen LogP contribution is -2.28. The molecule has 6 nitrogen and oxygen atoms in total. The second kappa shape index (κ2) is 9.31. The maximum Gasteiger partial charge on any atom is 0.253 e. The molecule has 2 rings (SSSR count). The summed E-state index contributed by atoms with van der Waals surface area (Å²) in [5.74, 6) is 0.492. The minimum Gasteiger partial charge on any atom is -0.472 e. The van der Waals surface area contributed by atoms with Gasteiger partial charge in [0.25, 0.3) is 5.91 Å². The van der Waals surface area contributed by atoms with E-state index in [1.807, 2.05) is 13.3 Å². The average Bonchev–Trinajstić information content (AvgIpc) is 2.58. The number of hydrogen-bond donors (Lipinski definition) is 1. The predicted octanol–water partition coefficient (Wildman–Crippen LogP) is 4.60. The topological polar surface area (TPSA) is 67.4 Å². The van der Waals surface area contributed by atoms with Crippen LogP contribution >= 0.6 is 31.4 Å². The highest BCUT2D eigenvalue weighted by molar-refractivity contribution is 7.51. The predicted molar refractivity (Wildman–Crippen MR) is 104 cm³/mol. The quantitative estimate of drug-likeness (QED) is 0.525. The molecule has 1 heterocycles. The fourth-order valence-corrected chi connectivity index (χ4v) is 2.86. The summed E-state index contributed by atoms with van der Waals surface area (Å²) in [5, 5.41) is 3.38. The molecule has 26 heavy (non-hydrogen) atoms. The van der Waals surface area contributed by atoms with Gasteiger partial charge in [-0.05, 0) is 43.1 Å². The van der Waals surface area contributed by atoms with Crippen LogP contribution in [0.1, 0.15) is 10.4 Å². The Balaban J connectivity index is 2.36. The summed E-state index contributed by atoms with van der Waals surface area (Å²) >= 11 is 11.9. The summed E-state index contributed by atoms with van der Waals surface area (Å²) in [7, 11) is 0.794. The number of alkyl halides is 1. The molecule has 0 unspecified atom stereocenters. The van der Waals surface area contributed by atoms with Crippen LogP contribution in [0.25, 0.3) is 0 Å². The third-order valence-corrected chi connectivity index (χ3v) is 4.26. The van der Waals surface area contributed by atoms with Gasteiger partial charge in [-0.25, -0.2) is 9.37 Å². The van der Waals surface area contributed by atoms with Crippen molar-refractivity contribution in [2.75, 3.05) is 38.9 Å². The van der Waals surface area contributed by atoms with E-state index in [0.29, 0.717) is 27.8 Å². The fraction of sp³-hybridized carbons (Fsp3) is 0.312. The summed E-state index contributed by atoms with van der Waals surface area (Å²) in [4.78, 5) is 21.5. The molecule has 1 N–H and O–H groups in total. The maximum atomic E-state index is 12.5. The maximum absolute atomic E-state index is 12.5. The number of hydrogen-bond acceptors (Lipinski definition) is 5. The van der Waals surface area contributed by atoms with Crippen LogP contribution in [0.4, 0.5) is 15.9 Å². The van der Waals surface area contributed by atoms with E-state index in [0.717, 1.165) is 0 Å². The Hall–Kier alpha value is -1.69. The number of nitrogens with one attached hydrogen (secondary N) is 1. The molecule has 1 aromatic carbocycles. The van der Waals surface area contributed by atoms with Crippen LogP contribution in [0.15, 0.2) is 24.4 Å². The Labute approximate surface area is 162 Å². The third kappa shape index (κ3) is 5.40. The summed E-state index contributed by atoms with van der Waals surface area (Å²) in [6, 6.07) is 4.91. The lowest BCUT2D eigenvalue weighted by molar-refractivity contribution is 0.0786. The Morgan fingerprint density at radius 1 is 1.38 bits per heavy atom. The van der Waals surface area contributed by atoms with Crippen molar-refractivity contribution in [1.82, 2.24) is 14.9 Å². The molecule has 0 spiro atoms. The van der Waals surface area contributed by atoms with Gasteiger partial charge in [-0.15, -0.1) is 0 Å². The highest BCUT2D eigenvalue weighted by Gasteiger charge is 2.16. The molecule has 1 aromatic heterocycles. The zero-order valence-corrected chi connectivity index (χ0v) is 16.9. The standard InChI is InChI=1S/C16H18Cl2FN4O2P/c1-23(7-6-19)15(24)10-4-5-12(13(8-10)25-26(2)3)21-14-11(17)9-20-16(18)22-14/h4-5,8-9H,6-7H2,1-3H3,(H,20,21,22). The smallest absolute Gasteiger partial charge is 0.253 e. The number of amides is 1. The van der Waals surface area contributed by atoms with Gasteiger partial charge in [-0.3, -0.25) is 4.79 Å². The molecule has 140 valence electrons. The Kier molecular flexibility index (Phi) is 7.38. The summed E-state index contributed by atoms with van der Waals surface area (Å²) < 4.78 is 18.3. The molecule has 0 aliphatic rings.